The van der Waals surface area contributed by atoms with Gasteiger partial charge in [-0.25, -0.2) is 0 Å². The second-order valence-corrected chi connectivity index (χ2v) is 5.89. The Hall–Kier alpha value is -0.470. The largest absolute Gasteiger partial charge is 0.386 e. The summed E-state index contributed by atoms with van der Waals surface area (Å²) in [6, 6.07) is 8.16. The zero-order chi connectivity index (χ0) is 13.5. The quantitative estimate of drug-likeness (QED) is 0.787. The summed E-state index contributed by atoms with van der Waals surface area (Å²) in [6.45, 7) is 12.1. The molecule has 0 saturated carbocycles. The molecule has 0 aliphatic heterocycles. The molecule has 0 aliphatic rings. The van der Waals surface area contributed by atoms with Crippen LogP contribution in [-0.4, -0.2) is 10.9 Å². The first-order valence-corrected chi connectivity index (χ1v) is 7.34. The minimum atomic E-state index is -0.742. The van der Waals surface area contributed by atoms with E-state index in [1.54, 1.807) is 0 Å². The Morgan fingerprint density at radius 1 is 1.24 bits per heavy atom. The topological polar surface area (TPSA) is 20.2 Å². The fourth-order valence-corrected chi connectivity index (χ4v) is 2.14. The molecule has 0 unspecified atom stereocenters. The zero-order valence-electron chi connectivity index (χ0n) is 11.9. The van der Waals surface area contributed by atoms with Gasteiger partial charge in [0.05, 0.1) is 5.60 Å². The van der Waals surface area contributed by atoms with Gasteiger partial charge < -0.3 is 5.11 Å². The van der Waals surface area contributed by atoms with Crippen molar-refractivity contribution in [1.29, 1.82) is 0 Å². The summed E-state index contributed by atoms with van der Waals surface area (Å²) in [6.07, 6.45) is 0. The molecular formula is C15H26OS. The second kappa shape index (κ2) is 7.78. The number of hydrogen-bond donors (Lipinski definition) is 1. The minimum Gasteiger partial charge on any atom is -0.386 e. The average molecular weight is 254 g/mol. The van der Waals surface area contributed by atoms with Crippen LogP contribution in [0, 0.1) is 5.92 Å². The Morgan fingerprint density at radius 3 is 2.29 bits per heavy atom. The van der Waals surface area contributed by atoms with Gasteiger partial charge in [-0.1, -0.05) is 39.8 Å². The van der Waals surface area contributed by atoms with E-state index in [0.29, 0.717) is 5.92 Å². The third-order valence-corrected chi connectivity index (χ3v) is 3.54. The van der Waals surface area contributed by atoms with Crippen LogP contribution in [-0.2, 0) is 5.60 Å². The highest BCUT2D eigenvalue weighted by atomic mass is 32.2. The number of thioether (sulfide) groups is 1. The smallest absolute Gasteiger partial charge is 0.0840 e. The van der Waals surface area contributed by atoms with Gasteiger partial charge in [-0.05, 0) is 37.5 Å². The van der Waals surface area contributed by atoms with Crippen molar-refractivity contribution in [3.63, 3.8) is 0 Å². The van der Waals surface area contributed by atoms with E-state index in [0.717, 1.165) is 11.3 Å². The molecule has 1 nitrogen and oxygen atoms in total. The zero-order valence-corrected chi connectivity index (χ0v) is 12.8. The number of benzene rings is 1. The summed E-state index contributed by atoms with van der Waals surface area (Å²) in [5, 5.41) is 9.88. The van der Waals surface area contributed by atoms with Crippen LogP contribution in [0.25, 0.3) is 0 Å². The Labute approximate surface area is 111 Å². The van der Waals surface area contributed by atoms with Crippen molar-refractivity contribution in [1.82, 2.24) is 0 Å². The first-order chi connectivity index (χ1) is 7.89. The molecule has 0 bridgehead atoms. The first-order valence-electron chi connectivity index (χ1n) is 6.35. The number of aliphatic hydroxyl groups is 1. The van der Waals surface area contributed by atoms with Crippen LogP contribution < -0.4 is 0 Å². The van der Waals surface area contributed by atoms with E-state index >= 15 is 0 Å². The molecule has 98 valence electrons. The molecule has 1 rings (SSSR count). The average Bonchev–Trinajstić information content (AvgIpc) is 2.28. The van der Waals surface area contributed by atoms with E-state index in [4.69, 9.17) is 0 Å². The van der Waals surface area contributed by atoms with Crippen LogP contribution >= 0.6 is 11.8 Å². The van der Waals surface area contributed by atoms with Gasteiger partial charge in [-0.15, -0.1) is 11.8 Å². The fraction of sp³-hybridized carbons (Fsp3) is 0.600. The normalized spacial score (nSPS) is 11.1. The lowest BCUT2D eigenvalue weighted by atomic mass is 9.99. The Bertz CT molecular complexity index is 313. The molecule has 17 heavy (non-hydrogen) atoms. The summed E-state index contributed by atoms with van der Waals surface area (Å²) in [4.78, 5) is 1.24. The SMILES string of the molecule is CC.CC(C)CSc1cccc(C(C)(C)O)c1. The third-order valence-electron chi connectivity index (χ3n) is 2.12. The highest BCUT2D eigenvalue weighted by molar-refractivity contribution is 7.99. The van der Waals surface area contributed by atoms with Crippen molar-refractivity contribution >= 4 is 11.8 Å². The molecule has 0 aliphatic carbocycles. The maximum Gasteiger partial charge on any atom is 0.0840 e. The predicted octanol–water partition coefficient (Wildman–Crippen LogP) is 4.69. The molecule has 1 aromatic carbocycles. The van der Waals surface area contributed by atoms with E-state index in [-0.39, 0.29) is 0 Å². The first kappa shape index (κ1) is 16.5. The molecule has 0 atom stereocenters. The highest BCUT2D eigenvalue weighted by Gasteiger charge is 2.15. The van der Waals surface area contributed by atoms with Crippen LogP contribution in [0.4, 0.5) is 0 Å². The molecule has 0 amide bonds. The number of rotatable bonds is 4. The standard InChI is InChI=1S/C13H20OS.C2H6/c1-10(2)9-15-12-7-5-6-11(8-12)13(3,4)14;1-2/h5-8,10,14H,9H2,1-4H3;1-2H3. The van der Waals surface area contributed by atoms with Gasteiger partial charge in [0.15, 0.2) is 0 Å². The maximum absolute atomic E-state index is 9.88. The van der Waals surface area contributed by atoms with Gasteiger partial charge in [0, 0.05) is 10.6 Å². The second-order valence-electron chi connectivity index (χ2n) is 4.79. The van der Waals surface area contributed by atoms with Crippen LogP contribution in [0.1, 0.15) is 47.1 Å². The van der Waals surface area contributed by atoms with Crippen molar-refractivity contribution in [2.24, 2.45) is 5.92 Å². The molecule has 0 spiro atoms. The van der Waals surface area contributed by atoms with Crippen LogP contribution in [0.3, 0.4) is 0 Å². The lowest BCUT2D eigenvalue weighted by Gasteiger charge is -2.18. The van der Waals surface area contributed by atoms with Gasteiger partial charge in [0.1, 0.15) is 0 Å². The monoisotopic (exact) mass is 254 g/mol. The summed E-state index contributed by atoms with van der Waals surface area (Å²) in [5.74, 6) is 1.82. The van der Waals surface area contributed by atoms with Gasteiger partial charge >= 0.3 is 0 Å². The highest BCUT2D eigenvalue weighted by Crippen LogP contribution is 2.26. The van der Waals surface area contributed by atoms with E-state index in [1.807, 2.05) is 51.6 Å². The van der Waals surface area contributed by atoms with Crippen molar-refractivity contribution in [3.05, 3.63) is 29.8 Å². The minimum absolute atomic E-state index is 0.695. The molecular weight excluding hydrogens is 228 g/mol. The summed E-state index contributed by atoms with van der Waals surface area (Å²) in [7, 11) is 0. The Morgan fingerprint density at radius 2 is 1.82 bits per heavy atom. The molecule has 1 aromatic rings. The fourth-order valence-electron chi connectivity index (χ4n) is 1.23. The van der Waals surface area contributed by atoms with Crippen LogP contribution in [0.2, 0.25) is 0 Å². The van der Waals surface area contributed by atoms with Crippen LogP contribution in [0.5, 0.6) is 0 Å². The molecule has 2 heteroatoms. The molecule has 0 heterocycles. The van der Waals surface area contributed by atoms with Crippen LogP contribution in [0.15, 0.2) is 29.2 Å². The molecule has 0 fully saturated rings. The maximum atomic E-state index is 9.88. The lowest BCUT2D eigenvalue weighted by molar-refractivity contribution is 0.0784. The lowest BCUT2D eigenvalue weighted by Crippen LogP contribution is -2.15. The van der Waals surface area contributed by atoms with Gasteiger partial charge in [-0.2, -0.15) is 0 Å². The van der Waals surface area contributed by atoms with Gasteiger partial charge in [0.25, 0.3) is 0 Å². The molecule has 0 aromatic heterocycles. The molecule has 0 saturated heterocycles. The Kier molecular flexibility index (Phi) is 7.56. The summed E-state index contributed by atoms with van der Waals surface area (Å²) < 4.78 is 0. The summed E-state index contributed by atoms with van der Waals surface area (Å²) in [5.41, 5.74) is 0.241. The van der Waals surface area contributed by atoms with Crippen molar-refractivity contribution in [2.45, 2.75) is 52.0 Å². The Balaban J connectivity index is 0.00000121. The third kappa shape index (κ3) is 6.75. The van der Waals surface area contributed by atoms with E-state index < -0.39 is 5.60 Å². The van der Waals surface area contributed by atoms with E-state index in [1.165, 1.54) is 4.90 Å². The van der Waals surface area contributed by atoms with Gasteiger partial charge in [-0.3, -0.25) is 0 Å². The summed E-state index contributed by atoms with van der Waals surface area (Å²) >= 11 is 1.85. The van der Waals surface area contributed by atoms with Crippen molar-refractivity contribution in [2.75, 3.05) is 5.75 Å². The molecule has 1 N–H and O–H groups in total. The molecule has 0 radical (unpaired) electrons. The van der Waals surface area contributed by atoms with E-state index in [2.05, 4.69) is 26.0 Å². The van der Waals surface area contributed by atoms with Crippen molar-refractivity contribution in [3.8, 4) is 0 Å². The van der Waals surface area contributed by atoms with E-state index in [9.17, 15) is 5.11 Å². The number of hydrogen-bond acceptors (Lipinski definition) is 2. The van der Waals surface area contributed by atoms with Crippen molar-refractivity contribution < 1.29 is 5.11 Å². The predicted molar refractivity (Wildman–Crippen MR) is 78.6 cm³/mol. The van der Waals surface area contributed by atoms with Gasteiger partial charge in [0.2, 0.25) is 0 Å².